The molecule has 0 aromatic heterocycles. The van der Waals surface area contributed by atoms with Gasteiger partial charge in [-0.25, -0.2) is 0 Å². The fourth-order valence-corrected chi connectivity index (χ4v) is 2.34. The van der Waals surface area contributed by atoms with Gasteiger partial charge in [-0.05, 0) is 33.4 Å². The third-order valence-corrected chi connectivity index (χ3v) is 3.37. The maximum atomic E-state index is 5.58. The molecule has 0 bridgehead atoms. The molecule has 0 fully saturated rings. The van der Waals surface area contributed by atoms with Crippen molar-refractivity contribution in [3.63, 3.8) is 0 Å². The highest BCUT2D eigenvalue weighted by Gasteiger charge is 2.35. The van der Waals surface area contributed by atoms with Gasteiger partial charge in [-0.15, -0.1) is 0 Å². The van der Waals surface area contributed by atoms with Crippen molar-refractivity contribution in [3.05, 3.63) is 0 Å². The molecule has 0 spiro atoms. The minimum atomic E-state index is 0.198. The van der Waals surface area contributed by atoms with Gasteiger partial charge in [0.15, 0.2) is 0 Å². The molecule has 0 aliphatic carbocycles. The van der Waals surface area contributed by atoms with E-state index < -0.39 is 0 Å². The van der Waals surface area contributed by atoms with E-state index in [-0.39, 0.29) is 5.54 Å². The molecule has 0 amide bonds. The van der Waals surface area contributed by atoms with Gasteiger partial charge in [0.2, 0.25) is 0 Å². The van der Waals surface area contributed by atoms with Crippen LogP contribution < -0.4 is 11.3 Å². The van der Waals surface area contributed by atoms with Crippen LogP contribution in [0.15, 0.2) is 0 Å². The first-order valence-electron chi connectivity index (χ1n) is 5.22. The molecule has 1 unspecified atom stereocenters. The number of hydrogen-bond donors (Lipinski definition) is 2. The van der Waals surface area contributed by atoms with Crippen molar-refractivity contribution < 1.29 is 0 Å². The number of nitrogens with one attached hydrogen (secondary N) is 1. The number of nitrogens with two attached hydrogens (primary N) is 1. The lowest BCUT2D eigenvalue weighted by Crippen LogP contribution is -2.59. The van der Waals surface area contributed by atoms with Crippen LogP contribution in [0.25, 0.3) is 0 Å². The minimum Gasteiger partial charge on any atom is -0.302 e. The summed E-state index contributed by atoms with van der Waals surface area (Å²) < 4.78 is 0. The SMILES string of the molecule is CCC(NN)C(CC)(CC)N(C)C. The van der Waals surface area contributed by atoms with Crippen molar-refractivity contribution in [2.24, 2.45) is 5.84 Å². The highest BCUT2D eigenvalue weighted by atomic mass is 15.3. The number of hydrogen-bond acceptors (Lipinski definition) is 3. The zero-order chi connectivity index (χ0) is 10.5. The fourth-order valence-electron chi connectivity index (χ4n) is 2.34. The molecule has 3 nitrogen and oxygen atoms in total. The van der Waals surface area contributed by atoms with Crippen LogP contribution in [0.5, 0.6) is 0 Å². The first-order chi connectivity index (χ1) is 6.08. The first-order valence-corrected chi connectivity index (χ1v) is 5.22. The second-order valence-corrected chi connectivity index (χ2v) is 3.83. The van der Waals surface area contributed by atoms with Gasteiger partial charge in [-0.1, -0.05) is 20.8 Å². The Morgan fingerprint density at radius 1 is 1.23 bits per heavy atom. The molecule has 0 saturated heterocycles. The normalized spacial score (nSPS) is 15.0. The number of rotatable bonds is 6. The van der Waals surface area contributed by atoms with E-state index in [0.717, 1.165) is 19.3 Å². The average molecular weight is 187 g/mol. The molecular weight excluding hydrogens is 162 g/mol. The smallest absolute Gasteiger partial charge is 0.0391 e. The number of hydrazine groups is 1. The Bertz CT molecular complexity index is 126. The Hall–Kier alpha value is -0.120. The molecule has 0 aromatic carbocycles. The van der Waals surface area contributed by atoms with Gasteiger partial charge >= 0.3 is 0 Å². The predicted octanol–water partition coefficient (Wildman–Crippen LogP) is 1.35. The van der Waals surface area contributed by atoms with E-state index in [4.69, 9.17) is 5.84 Å². The minimum absolute atomic E-state index is 0.198. The Balaban J connectivity index is 4.71. The summed E-state index contributed by atoms with van der Waals surface area (Å²) in [7, 11) is 4.26. The fraction of sp³-hybridized carbons (Fsp3) is 1.00. The quantitative estimate of drug-likeness (QED) is 0.487. The molecule has 0 radical (unpaired) electrons. The van der Waals surface area contributed by atoms with Crippen molar-refractivity contribution >= 4 is 0 Å². The van der Waals surface area contributed by atoms with Crippen LogP contribution in [0.4, 0.5) is 0 Å². The summed E-state index contributed by atoms with van der Waals surface area (Å²) in [5, 5.41) is 0. The van der Waals surface area contributed by atoms with E-state index in [1.807, 2.05) is 0 Å². The third kappa shape index (κ3) is 2.42. The van der Waals surface area contributed by atoms with Crippen LogP contribution in [0, 0.1) is 0 Å². The van der Waals surface area contributed by atoms with E-state index >= 15 is 0 Å². The van der Waals surface area contributed by atoms with Gasteiger partial charge in [0.25, 0.3) is 0 Å². The Kier molecular flexibility index (Phi) is 5.53. The summed E-state index contributed by atoms with van der Waals surface area (Å²) in [6.07, 6.45) is 3.31. The molecule has 1 atom stereocenters. The third-order valence-electron chi connectivity index (χ3n) is 3.37. The summed E-state index contributed by atoms with van der Waals surface area (Å²) in [5.41, 5.74) is 3.13. The van der Waals surface area contributed by atoms with Gasteiger partial charge in [-0.3, -0.25) is 11.3 Å². The Labute approximate surface area is 82.6 Å². The molecule has 0 saturated carbocycles. The highest BCUT2D eigenvalue weighted by Crippen LogP contribution is 2.26. The van der Waals surface area contributed by atoms with Crippen molar-refractivity contribution in [1.29, 1.82) is 0 Å². The molecule has 0 heterocycles. The zero-order valence-corrected chi connectivity index (χ0v) is 9.72. The van der Waals surface area contributed by atoms with E-state index in [1.54, 1.807) is 0 Å². The summed E-state index contributed by atoms with van der Waals surface area (Å²) in [4.78, 5) is 2.29. The van der Waals surface area contributed by atoms with E-state index in [2.05, 4.69) is 45.2 Å². The molecule has 80 valence electrons. The van der Waals surface area contributed by atoms with Gasteiger partial charge in [0, 0.05) is 11.6 Å². The number of nitrogens with zero attached hydrogens (tertiary/aromatic N) is 1. The Morgan fingerprint density at radius 2 is 1.69 bits per heavy atom. The molecule has 0 aromatic rings. The summed E-state index contributed by atoms with van der Waals surface area (Å²) in [6.45, 7) is 6.63. The van der Waals surface area contributed by atoms with Gasteiger partial charge in [0.1, 0.15) is 0 Å². The molecule has 3 N–H and O–H groups in total. The van der Waals surface area contributed by atoms with E-state index in [1.165, 1.54) is 0 Å². The predicted molar refractivity (Wildman–Crippen MR) is 58.4 cm³/mol. The van der Waals surface area contributed by atoms with Crippen molar-refractivity contribution in [2.75, 3.05) is 14.1 Å². The molecule has 13 heavy (non-hydrogen) atoms. The van der Waals surface area contributed by atoms with Gasteiger partial charge < -0.3 is 4.90 Å². The largest absolute Gasteiger partial charge is 0.302 e. The average Bonchev–Trinajstić information content (AvgIpc) is 2.13. The van der Waals surface area contributed by atoms with Crippen LogP contribution in [-0.2, 0) is 0 Å². The lowest BCUT2D eigenvalue weighted by molar-refractivity contribution is 0.0864. The van der Waals surface area contributed by atoms with Crippen molar-refractivity contribution in [2.45, 2.75) is 51.6 Å². The highest BCUT2D eigenvalue weighted by molar-refractivity contribution is 4.95. The monoisotopic (exact) mass is 187 g/mol. The standard InChI is InChI=1S/C10H25N3/c1-6-9(12-11)10(7-2,8-3)13(4)5/h9,12H,6-8,11H2,1-5H3. The maximum Gasteiger partial charge on any atom is 0.0391 e. The molecule has 0 rings (SSSR count). The van der Waals surface area contributed by atoms with Crippen LogP contribution >= 0.6 is 0 Å². The van der Waals surface area contributed by atoms with Gasteiger partial charge in [0.05, 0.1) is 0 Å². The van der Waals surface area contributed by atoms with Gasteiger partial charge in [-0.2, -0.15) is 0 Å². The number of likely N-dealkylation sites (N-methyl/N-ethyl adjacent to an activating group) is 1. The molecule has 0 aliphatic heterocycles. The van der Waals surface area contributed by atoms with E-state index in [9.17, 15) is 0 Å². The molecule has 0 aliphatic rings. The van der Waals surface area contributed by atoms with Crippen LogP contribution in [0.3, 0.4) is 0 Å². The summed E-state index contributed by atoms with van der Waals surface area (Å²) in [5.74, 6) is 5.58. The van der Waals surface area contributed by atoms with Crippen LogP contribution in [0.2, 0.25) is 0 Å². The van der Waals surface area contributed by atoms with Crippen molar-refractivity contribution in [1.82, 2.24) is 10.3 Å². The lowest BCUT2D eigenvalue weighted by Gasteiger charge is -2.44. The topological polar surface area (TPSA) is 41.3 Å². The first kappa shape index (κ1) is 12.9. The molecular formula is C10H25N3. The lowest BCUT2D eigenvalue weighted by atomic mass is 9.82. The Morgan fingerprint density at radius 3 is 1.77 bits per heavy atom. The van der Waals surface area contributed by atoms with Crippen LogP contribution in [-0.4, -0.2) is 30.6 Å². The summed E-state index contributed by atoms with van der Waals surface area (Å²) in [6, 6.07) is 0.373. The van der Waals surface area contributed by atoms with E-state index in [0.29, 0.717) is 6.04 Å². The maximum absolute atomic E-state index is 5.58. The van der Waals surface area contributed by atoms with Crippen molar-refractivity contribution in [3.8, 4) is 0 Å². The second-order valence-electron chi connectivity index (χ2n) is 3.83. The summed E-state index contributed by atoms with van der Waals surface area (Å²) >= 11 is 0. The zero-order valence-electron chi connectivity index (χ0n) is 9.72. The van der Waals surface area contributed by atoms with Crippen LogP contribution in [0.1, 0.15) is 40.0 Å². The molecule has 3 heteroatoms. The second kappa shape index (κ2) is 5.58.